The number of hydrogen-bond donors (Lipinski definition) is 4. The number of nitrogens with zero attached hydrogens (tertiary/aromatic N) is 6. The topological polar surface area (TPSA) is 192 Å². The highest BCUT2D eigenvalue weighted by Gasteiger charge is 2.54. The molecule has 218 valence electrons. The molecule has 2 amide bonds. The highest BCUT2D eigenvalue weighted by molar-refractivity contribution is 8.13. The third-order valence-electron chi connectivity index (χ3n) is 6.37. The van der Waals surface area contributed by atoms with Crippen LogP contribution in [0.25, 0.3) is 0 Å². The molecule has 5 rings (SSSR count). The smallest absolute Gasteiger partial charge is 0.352 e. The van der Waals surface area contributed by atoms with Crippen molar-refractivity contribution in [2.75, 3.05) is 36.9 Å². The summed E-state index contributed by atoms with van der Waals surface area (Å²) in [7, 11) is 0. The van der Waals surface area contributed by atoms with Crippen molar-refractivity contribution in [2.24, 2.45) is 16.0 Å². The van der Waals surface area contributed by atoms with Gasteiger partial charge >= 0.3 is 5.97 Å². The lowest BCUT2D eigenvalue weighted by Crippen LogP contribution is -2.71. The van der Waals surface area contributed by atoms with Gasteiger partial charge in [0.1, 0.15) is 35.2 Å². The van der Waals surface area contributed by atoms with Crippen LogP contribution in [0.5, 0.6) is 0 Å². The van der Waals surface area contributed by atoms with E-state index in [-0.39, 0.29) is 35.4 Å². The summed E-state index contributed by atoms with van der Waals surface area (Å²) in [5.41, 5.74) is 11.9. The van der Waals surface area contributed by atoms with Crippen LogP contribution in [-0.2, 0) is 19.2 Å². The first-order valence-electron chi connectivity index (χ1n) is 12.8. The Morgan fingerprint density at radius 2 is 2.20 bits per heavy atom. The molecule has 1 aromatic rings. The largest absolute Gasteiger partial charge is 0.477 e. The molecule has 1 aromatic heterocycles. The van der Waals surface area contributed by atoms with Crippen LogP contribution >= 0.6 is 34.9 Å². The van der Waals surface area contributed by atoms with E-state index in [0.717, 1.165) is 34.4 Å². The van der Waals surface area contributed by atoms with Gasteiger partial charge in [0.15, 0.2) is 10.8 Å². The number of amides is 2. The Balaban J connectivity index is 1.27. The maximum Gasteiger partial charge on any atom is 0.352 e. The number of nitrogen functional groups attached to an aromatic ring is 1. The van der Waals surface area contributed by atoms with Crippen LogP contribution in [0.1, 0.15) is 25.5 Å². The summed E-state index contributed by atoms with van der Waals surface area (Å²) in [6.45, 7) is 2.86. The predicted molar refractivity (Wildman–Crippen MR) is 158 cm³/mol. The summed E-state index contributed by atoms with van der Waals surface area (Å²) in [5, 5.41) is 25.3. The summed E-state index contributed by atoms with van der Waals surface area (Å²) in [5.74, 6) is -0.277. The lowest BCUT2D eigenvalue weighted by molar-refractivity contribution is -0.150. The van der Waals surface area contributed by atoms with Gasteiger partial charge in [0.05, 0.1) is 5.04 Å². The second-order valence-electron chi connectivity index (χ2n) is 9.07. The van der Waals surface area contributed by atoms with E-state index >= 15 is 0 Å². The predicted octanol–water partition coefficient (Wildman–Crippen LogP) is 0.934. The van der Waals surface area contributed by atoms with E-state index in [1.165, 1.54) is 16.7 Å². The van der Waals surface area contributed by atoms with E-state index in [0.29, 0.717) is 24.3 Å². The van der Waals surface area contributed by atoms with E-state index in [1.54, 1.807) is 29.1 Å². The Hall–Kier alpha value is -3.54. The number of aliphatic carboxylic acids is 1. The van der Waals surface area contributed by atoms with Gasteiger partial charge in [0.25, 0.3) is 11.8 Å². The first kappa shape index (κ1) is 29.0. The number of allylic oxidation sites excluding steroid dienone is 1. The monoisotopic (exact) mass is 619 g/mol. The van der Waals surface area contributed by atoms with Gasteiger partial charge in [0.2, 0.25) is 0 Å². The van der Waals surface area contributed by atoms with Crippen LogP contribution < -0.4 is 16.8 Å². The number of nitrogens with one attached hydrogen (secondary N) is 1. The maximum absolute atomic E-state index is 13.2. The van der Waals surface area contributed by atoms with Gasteiger partial charge in [-0.3, -0.25) is 14.5 Å². The number of aromatic nitrogens is 1. The number of oxime groups is 1. The van der Waals surface area contributed by atoms with Crippen molar-refractivity contribution in [2.45, 2.75) is 31.2 Å². The molecule has 17 heteroatoms. The lowest BCUT2D eigenvalue weighted by atomic mass is 10.0. The van der Waals surface area contributed by atoms with E-state index < -0.39 is 29.2 Å². The normalized spacial score (nSPS) is 21.8. The first-order chi connectivity index (χ1) is 19.8. The van der Waals surface area contributed by atoms with Gasteiger partial charge in [-0.25, -0.2) is 14.8 Å². The molecule has 5 heterocycles. The third-order valence-corrected chi connectivity index (χ3v) is 9.46. The molecule has 0 aliphatic carbocycles. The number of carbonyl (C=O) groups excluding carboxylic acids is 2. The number of anilines is 1. The zero-order valence-corrected chi connectivity index (χ0v) is 24.5. The minimum Gasteiger partial charge on any atom is -0.477 e. The first-order valence-corrected chi connectivity index (χ1v) is 15.7. The minimum absolute atomic E-state index is 0.0653. The number of hydrazone groups is 1. The molecular formula is C24H29N9O5S3. The fourth-order valence-corrected chi connectivity index (χ4v) is 7.28. The fraction of sp³-hybridized carbons (Fsp3) is 0.417. The number of fused-ring (bicyclic) bond motifs is 2. The second kappa shape index (κ2) is 12.5. The van der Waals surface area contributed by atoms with Crippen molar-refractivity contribution < 1.29 is 24.3 Å². The molecule has 14 nitrogen and oxygen atoms in total. The van der Waals surface area contributed by atoms with Gasteiger partial charge < -0.3 is 31.6 Å². The quantitative estimate of drug-likeness (QED) is 0.119. The molecule has 1 saturated heterocycles. The molecule has 0 saturated carbocycles. The van der Waals surface area contributed by atoms with E-state index in [4.69, 9.17) is 16.3 Å². The molecule has 0 unspecified atom stereocenters. The zero-order valence-electron chi connectivity index (χ0n) is 22.1. The zero-order chi connectivity index (χ0) is 29.1. The fourth-order valence-electron chi connectivity index (χ4n) is 4.51. The Bertz CT molecular complexity index is 1390. The molecule has 0 spiro atoms. The van der Waals surface area contributed by atoms with Crippen molar-refractivity contribution in [3.63, 3.8) is 0 Å². The SMILES string of the molecule is CCON=C(C(=O)N[C@H]1C(=O)N2C(C(=O)O)=C(CN3C=CN4N=C(SCCCN)CC=C34)CS[C@@H]12)c1csc(N)n1. The molecule has 41 heavy (non-hydrogen) atoms. The van der Waals surface area contributed by atoms with Gasteiger partial charge in [-0.2, -0.15) is 5.10 Å². The third kappa shape index (κ3) is 5.93. The number of thiazole rings is 1. The van der Waals surface area contributed by atoms with Gasteiger partial charge in [-0.05, 0) is 31.5 Å². The number of nitrogens with two attached hydrogens (primary N) is 2. The van der Waals surface area contributed by atoms with Crippen LogP contribution in [0.4, 0.5) is 5.13 Å². The maximum atomic E-state index is 13.2. The van der Waals surface area contributed by atoms with Crippen LogP contribution in [-0.4, -0.2) is 96.1 Å². The number of carbonyl (C=O) groups is 3. The molecule has 2 atom stereocenters. The summed E-state index contributed by atoms with van der Waals surface area (Å²) < 4.78 is 0. The Kier molecular flexibility index (Phi) is 8.86. The van der Waals surface area contributed by atoms with Crippen LogP contribution in [0.3, 0.4) is 0 Å². The van der Waals surface area contributed by atoms with Crippen LogP contribution in [0, 0.1) is 0 Å². The molecule has 0 bridgehead atoms. The summed E-state index contributed by atoms with van der Waals surface area (Å²) in [4.78, 5) is 51.0. The molecular weight excluding hydrogens is 591 g/mol. The van der Waals surface area contributed by atoms with Gasteiger partial charge in [0, 0.05) is 42.3 Å². The van der Waals surface area contributed by atoms with E-state index in [2.05, 4.69) is 26.6 Å². The molecule has 0 aromatic carbocycles. The van der Waals surface area contributed by atoms with E-state index in [9.17, 15) is 19.5 Å². The Morgan fingerprint density at radius 3 is 2.90 bits per heavy atom. The number of rotatable bonds is 11. The Morgan fingerprint density at radius 1 is 1.37 bits per heavy atom. The molecule has 4 aliphatic heterocycles. The molecule has 1 fully saturated rings. The van der Waals surface area contributed by atoms with Gasteiger partial charge in [-0.15, -0.1) is 34.9 Å². The van der Waals surface area contributed by atoms with Gasteiger partial charge in [-0.1, -0.05) is 5.16 Å². The Labute approximate surface area is 248 Å². The van der Waals surface area contributed by atoms with Crippen molar-refractivity contribution >= 4 is 68.5 Å². The van der Waals surface area contributed by atoms with Crippen LogP contribution in [0.15, 0.2) is 51.2 Å². The number of hydrogen-bond acceptors (Lipinski definition) is 14. The second-order valence-corrected chi connectivity index (χ2v) is 12.2. The average Bonchev–Trinajstić information content (AvgIpc) is 3.57. The highest BCUT2D eigenvalue weighted by Crippen LogP contribution is 2.41. The summed E-state index contributed by atoms with van der Waals surface area (Å²) in [6, 6.07) is -0.932. The molecule has 6 N–H and O–H groups in total. The van der Waals surface area contributed by atoms with E-state index in [1.807, 2.05) is 17.3 Å². The van der Waals surface area contributed by atoms with Crippen molar-refractivity contribution in [1.29, 1.82) is 0 Å². The number of β-lactam (4-membered cyclic amide) rings is 1. The number of carboxylic acids is 1. The van der Waals surface area contributed by atoms with Crippen molar-refractivity contribution in [3.05, 3.63) is 46.6 Å². The number of carboxylic acid groups (broad SMARTS) is 1. The molecule has 4 aliphatic rings. The molecule has 0 radical (unpaired) electrons. The summed E-state index contributed by atoms with van der Waals surface area (Å²) in [6.07, 6.45) is 7.31. The summed E-state index contributed by atoms with van der Waals surface area (Å²) >= 11 is 4.20. The highest BCUT2D eigenvalue weighted by atomic mass is 32.2. The minimum atomic E-state index is -1.20. The van der Waals surface area contributed by atoms with Crippen molar-refractivity contribution in [1.82, 2.24) is 25.1 Å². The number of thioether (sulfide) groups is 2. The lowest BCUT2D eigenvalue weighted by Gasteiger charge is -2.49. The van der Waals surface area contributed by atoms with Crippen LogP contribution in [0.2, 0.25) is 0 Å². The average molecular weight is 620 g/mol. The standard InChI is InChI=1S/C24H29N9O5S3/c1-2-38-30-17(14-12-41-24(26)27-14)20(34)28-18-21(35)33-19(23(36)37)13(11-40-22(18)33)10-31-7-8-32-16(31)5-4-15(29-32)39-9-3-6-25/h5,7-8,12,18,22H,2-4,6,9-11,25H2,1H3,(H2,26,27)(H,28,34)(H,36,37)/t18-,22-/m0/s1. The van der Waals surface area contributed by atoms with Crippen molar-refractivity contribution in [3.8, 4) is 0 Å².